The van der Waals surface area contributed by atoms with Crippen molar-refractivity contribution < 1.29 is 14.3 Å². The van der Waals surface area contributed by atoms with Gasteiger partial charge in [0.05, 0.1) is 30.0 Å². The minimum atomic E-state index is -0.612. The van der Waals surface area contributed by atoms with E-state index in [9.17, 15) is 9.59 Å². The van der Waals surface area contributed by atoms with Gasteiger partial charge >= 0.3 is 5.97 Å². The summed E-state index contributed by atoms with van der Waals surface area (Å²) in [4.78, 5) is 30.4. The Morgan fingerprint density at radius 3 is 2.65 bits per heavy atom. The molecule has 1 N–H and O–H groups in total. The number of nitrogens with zero attached hydrogens (tertiary/aromatic N) is 4. The van der Waals surface area contributed by atoms with Crippen LogP contribution in [0.2, 0.25) is 0 Å². The number of anilines is 1. The number of nitriles is 1. The summed E-state index contributed by atoms with van der Waals surface area (Å²) < 4.78 is 6.58. The van der Waals surface area contributed by atoms with Crippen LogP contribution in [0.1, 0.15) is 49.9 Å². The Kier molecular flexibility index (Phi) is 6.11. The van der Waals surface area contributed by atoms with Crippen molar-refractivity contribution >= 4 is 28.6 Å². The molecule has 0 aliphatic rings. The SMILES string of the molecule is CCOC(=O)c1cnn(-c2cc(C)c3cc(C)cc(C)c3n2)c1NC(=O)c1cccc(C#N)c1. The molecule has 0 saturated heterocycles. The first kappa shape index (κ1) is 22.7. The highest BCUT2D eigenvalue weighted by Gasteiger charge is 2.23. The monoisotopic (exact) mass is 453 g/mol. The number of aryl methyl sites for hydroxylation is 3. The lowest BCUT2D eigenvalue weighted by molar-refractivity contribution is 0.0527. The summed E-state index contributed by atoms with van der Waals surface area (Å²) in [5.41, 5.74) is 4.68. The van der Waals surface area contributed by atoms with Gasteiger partial charge in [0.2, 0.25) is 0 Å². The third-order valence-corrected chi connectivity index (χ3v) is 5.41. The van der Waals surface area contributed by atoms with Crippen LogP contribution in [0.25, 0.3) is 16.7 Å². The van der Waals surface area contributed by atoms with Crippen molar-refractivity contribution in [3.8, 4) is 11.9 Å². The van der Waals surface area contributed by atoms with E-state index in [2.05, 4.69) is 22.5 Å². The molecule has 8 nitrogen and oxygen atoms in total. The first-order valence-electron chi connectivity index (χ1n) is 10.8. The molecule has 0 radical (unpaired) electrons. The number of hydrogen-bond donors (Lipinski definition) is 1. The van der Waals surface area contributed by atoms with Gasteiger partial charge in [0.1, 0.15) is 5.56 Å². The number of hydrogen-bond acceptors (Lipinski definition) is 6. The molecule has 170 valence electrons. The number of ether oxygens (including phenoxy) is 1. The highest BCUT2D eigenvalue weighted by Crippen LogP contribution is 2.27. The summed E-state index contributed by atoms with van der Waals surface area (Å²) in [6.45, 7) is 7.88. The molecule has 0 atom stereocenters. The van der Waals surface area contributed by atoms with Crippen molar-refractivity contribution in [3.05, 3.63) is 82.0 Å². The molecule has 34 heavy (non-hydrogen) atoms. The number of carbonyl (C=O) groups is 2. The lowest BCUT2D eigenvalue weighted by Crippen LogP contribution is -2.18. The molecule has 0 aliphatic carbocycles. The van der Waals surface area contributed by atoms with E-state index in [4.69, 9.17) is 15.0 Å². The maximum Gasteiger partial charge on any atom is 0.343 e. The number of esters is 1. The van der Waals surface area contributed by atoms with Crippen molar-refractivity contribution in [2.75, 3.05) is 11.9 Å². The van der Waals surface area contributed by atoms with Gasteiger partial charge in [0.15, 0.2) is 11.6 Å². The van der Waals surface area contributed by atoms with E-state index >= 15 is 0 Å². The smallest absolute Gasteiger partial charge is 0.343 e. The van der Waals surface area contributed by atoms with Crippen LogP contribution in [0.3, 0.4) is 0 Å². The quantitative estimate of drug-likeness (QED) is 0.441. The molecule has 8 heteroatoms. The molecular formula is C26H23N5O3. The second-order valence-corrected chi connectivity index (χ2v) is 7.96. The van der Waals surface area contributed by atoms with Crippen LogP contribution in [0.5, 0.6) is 0 Å². The number of nitrogens with one attached hydrogen (secondary N) is 1. The molecule has 4 aromatic rings. The normalized spacial score (nSPS) is 10.7. The Morgan fingerprint density at radius 1 is 1.12 bits per heavy atom. The lowest BCUT2D eigenvalue weighted by Gasteiger charge is -2.13. The van der Waals surface area contributed by atoms with Gasteiger partial charge in [-0.05, 0) is 69.2 Å². The third kappa shape index (κ3) is 4.24. The minimum absolute atomic E-state index is 0.104. The van der Waals surface area contributed by atoms with E-state index in [0.29, 0.717) is 11.4 Å². The fraction of sp³-hybridized carbons (Fsp3) is 0.192. The maximum absolute atomic E-state index is 13.0. The predicted molar refractivity (Wildman–Crippen MR) is 128 cm³/mol. The van der Waals surface area contributed by atoms with Crippen molar-refractivity contribution in [1.29, 1.82) is 5.26 Å². The number of aromatic nitrogens is 3. The molecule has 1 amide bonds. The van der Waals surface area contributed by atoms with E-state index in [0.717, 1.165) is 27.6 Å². The standard InChI is InChI=1S/C26H23N5O3/c1-5-34-26(33)21-14-28-31(24(21)30-25(32)19-8-6-7-18(12-19)13-27)22-11-16(3)20-10-15(2)9-17(4)23(20)29-22/h6-12,14H,5H2,1-4H3,(H,30,32). The van der Waals surface area contributed by atoms with Gasteiger partial charge < -0.3 is 10.1 Å². The molecule has 0 bridgehead atoms. The summed E-state index contributed by atoms with van der Waals surface area (Å²) in [6.07, 6.45) is 1.35. The fourth-order valence-electron chi connectivity index (χ4n) is 3.85. The van der Waals surface area contributed by atoms with Crippen molar-refractivity contribution in [1.82, 2.24) is 14.8 Å². The van der Waals surface area contributed by atoms with Gasteiger partial charge in [-0.25, -0.2) is 9.78 Å². The van der Waals surface area contributed by atoms with E-state index in [1.165, 1.54) is 16.9 Å². The molecule has 2 aromatic carbocycles. The first-order chi connectivity index (χ1) is 16.3. The Balaban J connectivity index is 1.85. The summed E-state index contributed by atoms with van der Waals surface area (Å²) in [7, 11) is 0. The second-order valence-electron chi connectivity index (χ2n) is 7.96. The predicted octanol–water partition coefficient (Wildman–Crippen LogP) is 4.65. The van der Waals surface area contributed by atoms with E-state index in [1.54, 1.807) is 25.1 Å². The molecule has 0 spiro atoms. The van der Waals surface area contributed by atoms with Crippen LogP contribution in [0.15, 0.2) is 48.7 Å². The summed E-state index contributed by atoms with van der Waals surface area (Å²) in [6, 6.07) is 14.3. The number of pyridine rings is 1. The Hall–Kier alpha value is -4.51. The lowest BCUT2D eigenvalue weighted by atomic mass is 10.0. The van der Waals surface area contributed by atoms with Crippen molar-refractivity contribution in [2.24, 2.45) is 0 Å². The van der Waals surface area contributed by atoms with Gasteiger partial charge in [-0.3, -0.25) is 4.79 Å². The third-order valence-electron chi connectivity index (χ3n) is 5.41. The van der Waals surface area contributed by atoms with Gasteiger partial charge in [0, 0.05) is 10.9 Å². The fourth-order valence-corrected chi connectivity index (χ4v) is 3.85. The van der Waals surface area contributed by atoms with Crippen LogP contribution >= 0.6 is 0 Å². The largest absolute Gasteiger partial charge is 0.462 e. The number of rotatable bonds is 5. The summed E-state index contributed by atoms with van der Waals surface area (Å²) in [5.74, 6) is -0.511. The van der Waals surface area contributed by atoms with Gasteiger partial charge in [-0.1, -0.05) is 17.7 Å². The molecular weight excluding hydrogens is 430 g/mol. The number of carbonyl (C=O) groups excluding carboxylic acids is 2. The van der Waals surface area contributed by atoms with Gasteiger partial charge in [-0.15, -0.1) is 0 Å². The summed E-state index contributed by atoms with van der Waals surface area (Å²) >= 11 is 0. The first-order valence-corrected chi connectivity index (χ1v) is 10.8. The minimum Gasteiger partial charge on any atom is -0.462 e. The van der Waals surface area contributed by atoms with Crippen LogP contribution in [-0.2, 0) is 4.74 Å². The molecule has 4 rings (SSSR count). The number of fused-ring (bicyclic) bond motifs is 1. The zero-order valence-electron chi connectivity index (χ0n) is 19.3. The number of benzene rings is 2. The zero-order valence-corrected chi connectivity index (χ0v) is 19.3. The Bertz CT molecular complexity index is 1480. The van der Waals surface area contributed by atoms with Gasteiger partial charge in [0.25, 0.3) is 5.91 Å². The molecule has 0 fully saturated rings. The van der Waals surface area contributed by atoms with Gasteiger partial charge in [-0.2, -0.15) is 15.0 Å². The van der Waals surface area contributed by atoms with Crippen molar-refractivity contribution in [2.45, 2.75) is 27.7 Å². The topological polar surface area (TPSA) is 110 Å². The average molecular weight is 454 g/mol. The molecule has 0 unspecified atom stereocenters. The van der Waals surface area contributed by atoms with Crippen LogP contribution in [-0.4, -0.2) is 33.2 Å². The van der Waals surface area contributed by atoms with E-state index in [-0.39, 0.29) is 23.6 Å². The van der Waals surface area contributed by atoms with Crippen LogP contribution in [0.4, 0.5) is 5.82 Å². The molecule has 2 heterocycles. The molecule has 2 aromatic heterocycles. The number of amides is 1. The van der Waals surface area contributed by atoms with Crippen LogP contribution < -0.4 is 5.32 Å². The molecule has 0 saturated carbocycles. The van der Waals surface area contributed by atoms with Crippen molar-refractivity contribution in [3.63, 3.8) is 0 Å². The zero-order chi connectivity index (χ0) is 24.4. The van der Waals surface area contributed by atoms with E-state index in [1.807, 2.05) is 32.9 Å². The Labute approximate surface area is 196 Å². The Morgan fingerprint density at radius 2 is 1.91 bits per heavy atom. The highest BCUT2D eigenvalue weighted by atomic mass is 16.5. The maximum atomic E-state index is 13.0. The van der Waals surface area contributed by atoms with Crippen LogP contribution in [0, 0.1) is 32.1 Å². The van der Waals surface area contributed by atoms with E-state index < -0.39 is 11.9 Å². The summed E-state index contributed by atoms with van der Waals surface area (Å²) in [5, 5.41) is 17.3. The average Bonchev–Trinajstić information content (AvgIpc) is 3.23. The highest BCUT2D eigenvalue weighted by molar-refractivity contribution is 6.07. The molecule has 0 aliphatic heterocycles. The second kappa shape index (κ2) is 9.16.